The molecule has 0 bridgehead atoms. The van der Waals surface area contributed by atoms with Crippen molar-refractivity contribution in [3.05, 3.63) is 60.2 Å². The van der Waals surface area contributed by atoms with E-state index in [1.807, 2.05) is 0 Å². The van der Waals surface area contributed by atoms with Gasteiger partial charge in [-0.2, -0.15) is 0 Å². The highest BCUT2D eigenvalue weighted by atomic mass is 19.1. The predicted molar refractivity (Wildman–Crippen MR) is 98.2 cm³/mol. The molecular weight excluding hydrogens is 350 g/mol. The topological polar surface area (TPSA) is 89.6 Å². The first kappa shape index (κ1) is 17.3. The lowest BCUT2D eigenvalue weighted by Crippen LogP contribution is -2.48. The summed E-state index contributed by atoms with van der Waals surface area (Å²) < 4.78 is 27.9. The average molecular weight is 368 g/mol. The Morgan fingerprint density at radius 3 is 2.44 bits per heavy atom. The molecule has 3 N–H and O–H groups in total. The van der Waals surface area contributed by atoms with E-state index in [9.17, 15) is 8.78 Å². The maximum Gasteiger partial charge on any atom is 0.219 e. The SMILES string of the molecule is Nc1ncc(-c2ccc(NC[C@]3(c4ccccc4F)C[C@H](F)C3)nn2)cn1. The van der Waals surface area contributed by atoms with Gasteiger partial charge in [0.1, 0.15) is 17.8 Å². The zero-order valence-corrected chi connectivity index (χ0v) is 14.4. The van der Waals surface area contributed by atoms with Crippen molar-refractivity contribution in [1.29, 1.82) is 0 Å². The van der Waals surface area contributed by atoms with Gasteiger partial charge in [-0.25, -0.2) is 18.7 Å². The van der Waals surface area contributed by atoms with E-state index in [0.29, 0.717) is 29.2 Å². The first-order valence-electron chi connectivity index (χ1n) is 8.60. The second kappa shape index (κ2) is 6.86. The summed E-state index contributed by atoms with van der Waals surface area (Å²) in [5.74, 6) is 0.416. The third-order valence-electron chi connectivity index (χ3n) is 4.91. The van der Waals surface area contributed by atoms with Crippen LogP contribution in [-0.2, 0) is 5.41 Å². The maximum absolute atomic E-state index is 14.2. The fraction of sp³-hybridized carbons (Fsp3) is 0.263. The second-order valence-corrected chi connectivity index (χ2v) is 6.75. The van der Waals surface area contributed by atoms with Crippen LogP contribution in [0.1, 0.15) is 18.4 Å². The lowest BCUT2D eigenvalue weighted by molar-refractivity contribution is 0.100. The van der Waals surface area contributed by atoms with Crippen molar-refractivity contribution in [2.45, 2.75) is 24.4 Å². The van der Waals surface area contributed by atoms with Crippen LogP contribution < -0.4 is 11.1 Å². The van der Waals surface area contributed by atoms with Crippen molar-refractivity contribution in [2.75, 3.05) is 17.6 Å². The minimum atomic E-state index is -0.912. The molecule has 8 heteroatoms. The van der Waals surface area contributed by atoms with Crippen LogP contribution in [0.15, 0.2) is 48.8 Å². The van der Waals surface area contributed by atoms with Crippen molar-refractivity contribution in [3.8, 4) is 11.3 Å². The molecule has 138 valence electrons. The van der Waals surface area contributed by atoms with Crippen molar-refractivity contribution in [1.82, 2.24) is 20.2 Å². The molecule has 1 fully saturated rings. The summed E-state index contributed by atoms with van der Waals surface area (Å²) in [6.45, 7) is 0.382. The van der Waals surface area contributed by atoms with Crippen LogP contribution in [-0.4, -0.2) is 32.9 Å². The van der Waals surface area contributed by atoms with Gasteiger partial charge in [-0.3, -0.25) is 0 Å². The summed E-state index contributed by atoms with van der Waals surface area (Å²) in [5, 5.41) is 11.4. The molecule has 0 unspecified atom stereocenters. The molecule has 27 heavy (non-hydrogen) atoms. The Kier molecular flexibility index (Phi) is 4.39. The van der Waals surface area contributed by atoms with E-state index in [4.69, 9.17) is 5.73 Å². The summed E-state index contributed by atoms with van der Waals surface area (Å²) in [7, 11) is 0. The summed E-state index contributed by atoms with van der Waals surface area (Å²) in [4.78, 5) is 7.85. The molecule has 0 spiro atoms. The molecule has 2 aromatic heterocycles. The molecule has 1 aliphatic rings. The smallest absolute Gasteiger partial charge is 0.219 e. The van der Waals surface area contributed by atoms with Crippen molar-refractivity contribution >= 4 is 11.8 Å². The molecule has 4 rings (SSSR count). The largest absolute Gasteiger partial charge is 0.368 e. The Balaban J connectivity index is 1.49. The lowest BCUT2D eigenvalue weighted by Gasteiger charge is -2.45. The fourth-order valence-electron chi connectivity index (χ4n) is 3.45. The van der Waals surface area contributed by atoms with Gasteiger partial charge in [0, 0.05) is 29.9 Å². The molecule has 6 nitrogen and oxygen atoms in total. The Morgan fingerprint density at radius 2 is 1.81 bits per heavy atom. The summed E-state index contributed by atoms with van der Waals surface area (Å²) in [5.41, 5.74) is 6.75. The molecule has 2 heterocycles. The molecule has 0 amide bonds. The Labute approximate surface area is 154 Å². The van der Waals surface area contributed by atoms with E-state index in [1.54, 1.807) is 42.7 Å². The number of alkyl halides is 1. The molecule has 0 saturated heterocycles. The van der Waals surface area contributed by atoms with Gasteiger partial charge in [0.25, 0.3) is 0 Å². The molecule has 1 aromatic carbocycles. The standard InChI is InChI=1S/C19H18F2N6/c20-13-7-19(8-13,14-3-1-2-4-15(14)21)11-25-17-6-5-16(26-27-17)12-9-23-18(22)24-10-12/h1-6,9-10,13H,7-8,11H2,(H,25,27)(H2,22,23,24)/t13-,19-. The molecule has 0 radical (unpaired) electrons. The van der Waals surface area contributed by atoms with Gasteiger partial charge in [-0.05, 0) is 36.6 Å². The number of hydrogen-bond acceptors (Lipinski definition) is 6. The first-order valence-corrected chi connectivity index (χ1v) is 8.60. The van der Waals surface area contributed by atoms with Gasteiger partial charge in [0.15, 0.2) is 0 Å². The van der Waals surface area contributed by atoms with E-state index in [2.05, 4.69) is 25.5 Å². The van der Waals surface area contributed by atoms with Crippen molar-refractivity contribution in [2.24, 2.45) is 0 Å². The molecule has 1 aliphatic carbocycles. The third kappa shape index (κ3) is 3.42. The summed E-state index contributed by atoms with van der Waals surface area (Å²) >= 11 is 0. The molecular formula is C19H18F2N6. The number of nitrogens with zero attached hydrogens (tertiary/aromatic N) is 4. The fourth-order valence-corrected chi connectivity index (χ4v) is 3.45. The maximum atomic E-state index is 14.2. The lowest BCUT2D eigenvalue weighted by atomic mass is 9.63. The van der Waals surface area contributed by atoms with Gasteiger partial charge in [0.2, 0.25) is 5.95 Å². The zero-order valence-electron chi connectivity index (χ0n) is 14.4. The number of nitrogens with two attached hydrogens (primary N) is 1. The van der Waals surface area contributed by atoms with Crippen molar-refractivity contribution < 1.29 is 8.78 Å². The monoisotopic (exact) mass is 368 g/mol. The molecule has 0 atom stereocenters. The van der Waals surface area contributed by atoms with Gasteiger partial charge < -0.3 is 11.1 Å². The van der Waals surface area contributed by atoms with Crippen LogP contribution in [0, 0.1) is 5.82 Å². The highest BCUT2D eigenvalue weighted by Gasteiger charge is 2.47. The quantitative estimate of drug-likeness (QED) is 0.719. The van der Waals surface area contributed by atoms with Gasteiger partial charge >= 0.3 is 0 Å². The summed E-state index contributed by atoms with van der Waals surface area (Å²) in [6, 6.07) is 10.1. The van der Waals surface area contributed by atoms with E-state index in [0.717, 1.165) is 0 Å². The van der Waals surface area contributed by atoms with Crippen molar-refractivity contribution in [3.63, 3.8) is 0 Å². The zero-order chi connectivity index (χ0) is 18.9. The Bertz CT molecular complexity index is 924. The van der Waals surface area contributed by atoms with E-state index in [1.165, 1.54) is 6.07 Å². The van der Waals surface area contributed by atoms with Gasteiger partial charge in [-0.1, -0.05) is 18.2 Å². The molecule has 3 aromatic rings. The van der Waals surface area contributed by atoms with Crippen LogP contribution in [0.3, 0.4) is 0 Å². The van der Waals surface area contributed by atoms with Crippen LogP contribution in [0.2, 0.25) is 0 Å². The number of halogens is 2. The van der Waals surface area contributed by atoms with Crippen LogP contribution in [0.5, 0.6) is 0 Å². The second-order valence-electron chi connectivity index (χ2n) is 6.75. The summed E-state index contributed by atoms with van der Waals surface area (Å²) in [6.07, 6.45) is 2.81. The highest BCUT2D eigenvalue weighted by Crippen LogP contribution is 2.46. The normalized spacial score (nSPS) is 21.5. The van der Waals surface area contributed by atoms with Crippen LogP contribution >= 0.6 is 0 Å². The average Bonchev–Trinajstić information content (AvgIpc) is 2.66. The molecule has 1 saturated carbocycles. The van der Waals surface area contributed by atoms with Gasteiger partial charge in [-0.15, -0.1) is 10.2 Å². The number of benzene rings is 1. The van der Waals surface area contributed by atoms with Crippen LogP contribution in [0.4, 0.5) is 20.5 Å². The van der Waals surface area contributed by atoms with Crippen LogP contribution in [0.25, 0.3) is 11.3 Å². The minimum Gasteiger partial charge on any atom is -0.368 e. The first-order chi connectivity index (χ1) is 13.1. The number of nitrogen functional groups attached to an aromatic ring is 1. The third-order valence-corrected chi connectivity index (χ3v) is 4.91. The van der Waals surface area contributed by atoms with E-state index >= 15 is 0 Å². The number of anilines is 2. The predicted octanol–water partition coefficient (Wildman–Crippen LogP) is 3.14. The minimum absolute atomic E-state index is 0.190. The number of aromatic nitrogens is 4. The molecule has 0 aliphatic heterocycles. The Morgan fingerprint density at radius 1 is 1.07 bits per heavy atom. The van der Waals surface area contributed by atoms with E-state index < -0.39 is 11.6 Å². The highest BCUT2D eigenvalue weighted by molar-refractivity contribution is 5.57. The number of nitrogens with one attached hydrogen (secondary N) is 1. The Hall–Kier alpha value is -3.16. The van der Waals surface area contributed by atoms with E-state index in [-0.39, 0.29) is 24.6 Å². The van der Waals surface area contributed by atoms with Gasteiger partial charge in [0.05, 0.1) is 5.69 Å². The number of hydrogen-bond donors (Lipinski definition) is 2. The number of rotatable bonds is 5.